The zero-order chi connectivity index (χ0) is 19.4. The summed E-state index contributed by atoms with van der Waals surface area (Å²) in [6.45, 7) is -0.101. The summed E-state index contributed by atoms with van der Waals surface area (Å²) >= 11 is 2.44. The lowest BCUT2D eigenvalue weighted by molar-refractivity contribution is -0.384. The maximum absolute atomic E-state index is 13.0. The number of carbonyl (C=O) groups is 1. The Labute approximate surface area is 163 Å². The van der Waals surface area contributed by atoms with Crippen LogP contribution in [0.3, 0.4) is 0 Å². The molecule has 140 valence electrons. The summed E-state index contributed by atoms with van der Waals surface area (Å²) in [6, 6.07) is 11.8. The molecule has 1 N–H and O–H groups in total. The van der Waals surface area contributed by atoms with Crippen LogP contribution in [-0.2, 0) is 9.84 Å². The predicted molar refractivity (Wildman–Crippen MR) is 104 cm³/mol. The van der Waals surface area contributed by atoms with E-state index in [0.717, 1.165) is 11.3 Å². The number of thiophene rings is 2. The molecule has 0 saturated carbocycles. The highest BCUT2D eigenvalue weighted by atomic mass is 32.2. The quantitative estimate of drug-likeness (QED) is 0.462. The molecule has 0 aliphatic carbocycles. The number of carbonyl (C=O) groups excluding carboxylic acids is 1. The summed E-state index contributed by atoms with van der Waals surface area (Å²) in [5.74, 6) is -0.493. The summed E-state index contributed by atoms with van der Waals surface area (Å²) < 4.78 is 26.1. The van der Waals surface area contributed by atoms with Gasteiger partial charge in [0.05, 0.1) is 4.92 Å². The zero-order valence-electron chi connectivity index (χ0n) is 13.8. The van der Waals surface area contributed by atoms with Crippen molar-refractivity contribution >= 4 is 44.1 Å². The molecule has 10 heteroatoms. The van der Waals surface area contributed by atoms with E-state index >= 15 is 0 Å². The van der Waals surface area contributed by atoms with Crippen LogP contribution in [0, 0.1) is 10.1 Å². The smallest absolute Gasteiger partial charge is 0.269 e. The molecule has 1 atom stereocenters. The van der Waals surface area contributed by atoms with E-state index in [9.17, 15) is 23.3 Å². The van der Waals surface area contributed by atoms with Gasteiger partial charge in [0.2, 0.25) is 0 Å². The van der Waals surface area contributed by atoms with Gasteiger partial charge in [-0.2, -0.15) is 0 Å². The van der Waals surface area contributed by atoms with Crippen molar-refractivity contribution in [2.75, 3.05) is 6.54 Å². The van der Waals surface area contributed by atoms with E-state index in [1.54, 1.807) is 35.0 Å². The third-order valence-electron chi connectivity index (χ3n) is 3.80. The lowest BCUT2D eigenvalue weighted by Gasteiger charge is -2.16. The lowest BCUT2D eigenvalue weighted by Crippen LogP contribution is -2.31. The van der Waals surface area contributed by atoms with Crippen LogP contribution in [0.5, 0.6) is 0 Å². The first kappa shape index (κ1) is 19.2. The van der Waals surface area contributed by atoms with Crippen LogP contribution in [0.15, 0.2) is 63.5 Å². The summed E-state index contributed by atoms with van der Waals surface area (Å²) in [7, 11) is -3.65. The van der Waals surface area contributed by atoms with Crippen molar-refractivity contribution in [2.45, 2.75) is 9.46 Å². The fraction of sp³-hybridized carbons (Fsp3) is 0.118. The van der Waals surface area contributed by atoms with Crippen molar-refractivity contribution in [3.63, 3.8) is 0 Å². The first-order chi connectivity index (χ1) is 12.9. The summed E-state index contributed by atoms with van der Waals surface area (Å²) in [5, 5.41) is 15.9. The van der Waals surface area contributed by atoms with Gasteiger partial charge in [0, 0.05) is 29.1 Å². The van der Waals surface area contributed by atoms with Crippen LogP contribution in [0.4, 0.5) is 5.69 Å². The fourth-order valence-corrected chi connectivity index (χ4v) is 6.41. The minimum Gasteiger partial charge on any atom is -0.350 e. The van der Waals surface area contributed by atoms with Crippen molar-refractivity contribution in [2.24, 2.45) is 0 Å². The summed E-state index contributed by atoms with van der Waals surface area (Å²) in [5.41, 5.74) is 0.0994. The van der Waals surface area contributed by atoms with Crippen molar-refractivity contribution in [1.29, 1.82) is 0 Å². The van der Waals surface area contributed by atoms with Crippen molar-refractivity contribution in [1.82, 2.24) is 5.32 Å². The Hall–Kier alpha value is -2.56. The standard InChI is InChI=1S/C17H14N2O5S3/c20-17(12-5-7-13(8-6-12)19(21)22)18-11-15(14-3-1-9-25-14)27(23,24)16-4-2-10-26-16/h1-10,15H,11H2,(H,18,20). The number of hydrogen-bond donors (Lipinski definition) is 1. The molecule has 0 bridgehead atoms. The number of amides is 1. The second-order valence-corrected chi connectivity index (χ2v) is 9.78. The molecule has 2 aromatic heterocycles. The molecule has 2 heterocycles. The molecule has 0 aliphatic rings. The SMILES string of the molecule is O=C(NCC(c1cccs1)S(=O)(=O)c1cccs1)c1ccc([N+](=O)[O-])cc1. The van der Waals surface area contributed by atoms with Gasteiger partial charge in [-0.1, -0.05) is 12.1 Å². The fourth-order valence-electron chi connectivity index (χ4n) is 2.43. The van der Waals surface area contributed by atoms with Gasteiger partial charge in [-0.05, 0) is 35.0 Å². The van der Waals surface area contributed by atoms with Crippen LogP contribution in [-0.4, -0.2) is 25.8 Å². The third-order valence-corrected chi connectivity index (χ3v) is 8.45. The molecule has 1 amide bonds. The molecule has 27 heavy (non-hydrogen) atoms. The van der Waals surface area contributed by atoms with Crippen LogP contribution in [0.1, 0.15) is 20.5 Å². The van der Waals surface area contributed by atoms with Crippen LogP contribution >= 0.6 is 22.7 Å². The molecule has 7 nitrogen and oxygen atoms in total. The van der Waals surface area contributed by atoms with Crippen molar-refractivity contribution in [3.05, 3.63) is 79.8 Å². The van der Waals surface area contributed by atoms with Gasteiger partial charge in [-0.25, -0.2) is 8.42 Å². The first-order valence-corrected chi connectivity index (χ1v) is 11.0. The largest absolute Gasteiger partial charge is 0.350 e. The number of nitrogens with one attached hydrogen (secondary N) is 1. The molecular formula is C17H14N2O5S3. The van der Waals surface area contributed by atoms with Gasteiger partial charge in [0.25, 0.3) is 11.6 Å². The molecule has 1 unspecified atom stereocenters. The Balaban J connectivity index is 1.79. The monoisotopic (exact) mass is 422 g/mol. The number of nitro groups is 1. The normalized spacial score (nSPS) is 12.4. The van der Waals surface area contributed by atoms with E-state index in [-0.39, 0.29) is 22.0 Å². The van der Waals surface area contributed by atoms with Gasteiger partial charge in [-0.15, -0.1) is 22.7 Å². The second-order valence-electron chi connectivity index (χ2n) is 5.50. The second kappa shape index (κ2) is 7.99. The van der Waals surface area contributed by atoms with Crippen LogP contribution < -0.4 is 5.32 Å². The number of benzene rings is 1. The van der Waals surface area contributed by atoms with Crippen LogP contribution in [0.2, 0.25) is 0 Å². The molecule has 0 saturated heterocycles. The molecule has 3 aromatic rings. The minimum atomic E-state index is -3.65. The molecule has 1 aromatic carbocycles. The molecule has 0 fully saturated rings. The van der Waals surface area contributed by atoms with E-state index < -0.39 is 25.9 Å². The number of hydrogen-bond acceptors (Lipinski definition) is 7. The highest BCUT2D eigenvalue weighted by Crippen LogP contribution is 2.33. The molecule has 0 aliphatic heterocycles. The maximum atomic E-state index is 13.0. The van der Waals surface area contributed by atoms with E-state index in [0.29, 0.717) is 4.88 Å². The van der Waals surface area contributed by atoms with Crippen LogP contribution in [0.25, 0.3) is 0 Å². The number of nitro benzene ring substituents is 1. The zero-order valence-corrected chi connectivity index (χ0v) is 16.2. The highest BCUT2D eigenvalue weighted by molar-refractivity contribution is 7.93. The Kier molecular flexibility index (Phi) is 5.68. The molecule has 0 radical (unpaired) electrons. The predicted octanol–water partition coefficient (Wildman–Crippen LogP) is 3.66. The molecule has 0 spiro atoms. The number of non-ortho nitro benzene ring substituents is 1. The average molecular weight is 423 g/mol. The summed E-state index contributed by atoms with van der Waals surface area (Å²) in [4.78, 5) is 23.1. The third kappa shape index (κ3) is 4.24. The molecule has 3 rings (SSSR count). The first-order valence-electron chi connectivity index (χ1n) is 7.73. The Bertz CT molecular complexity index is 1030. The highest BCUT2D eigenvalue weighted by Gasteiger charge is 2.31. The molecular weight excluding hydrogens is 408 g/mol. The number of rotatable bonds is 7. The number of nitrogens with zero attached hydrogens (tertiary/aromatic N) is 1. The Morgan fingerprint density at radius 2 is 1.74 bits per heavy atom. The van der Waals surface area contributed by atoms with E-state index in [1.165, 1.54) is 35.6 Å². The van der Waals surface area contributed by atoms with Gasteiger partial charge in [0.1, 0.15) is 9.46 Å². The summed E-state index contributed by atoms with van der Waals surface area (Å²) in [6.07, 6.45) is 0. The minimum absolute atomic E-state index is 0.101. The van der Waals surface area contributed by atoms with Crippen molar-refractivity contribution in [3.8, 4) is 0 Å². The maximum Gasteiger partial charge on any atom is 0.269 e. The lowest BCUT2D eigenvalue weighted by atomic mass is 10.2. The van der Waals surface area contributed by atoms with E-state index in [2.05, 4.69) is 5.32 Å². The van der Waals surface area contributed by atoms with E-state index in [4.69, 9.17) is 0 Å². The van der Waals surface area contributed by atoms with Gasteiger partial charge >= 0.3 is 0 Å². The van der Waals surface area contributed by atoms with Crippen molar-refractivity contribution < 1.29 is 18.1 Å². The van der Waals surface area contributed by atoms with Gasteiger partial charge < -0.3 is 5.32 Å². The van der Waals surface area contributed by atoms with Gasteiger partial charge in [-0.3, -0.25) is 14.9 Å². The average Bonchev–Trinajstić information content (AvgIpc) is 3.36. The Morgan fingerprint density at radius 3 is 2.30 bits per heavy atom. The number of sulfone groups is 1. The van der Waals surface area contributed by atoms with Gasteiger partial charge in [0.15, 0.2) is 9.84 Å². The Morgan fingerprint density at radius 1 is 1.07 bits per heavy atom. The van der Waals surface area contributed by atoms with E-state index in [1.807, 2.05) is 0 Å². The topological polar surface area (TPSA) is 106 Å².